The predicted octanol–water partition coefficient (Wildman–Crippen LogP) is 3.42. The summed E-state index contributed by atoms with van der Waals surface area (Å²) in [5, 5.41) is 19.3. The average molecular weight is 468 g/mol. The molecule has 1 amide bonds. The fraction of sp³-hybridized carbons (Fsp3) is 0.227. The van der Waals surface area contributed by atoms with E-state index in [4.69, 9.17) is 4.74 Å². The maximum absolute atomic E-state index is 12.8. The summed E-state index contributed by atoms with van der Waals surface area (Å²) in [6.07, 6.45) is 0. The Morgan fingerprint density at radius 2 is 1.69 bits per heavy atom. The SMILES string of the molecule is CC(C)(C(=O)NCCOc1ccc(-c2cccs2)nn1)n1nc(-c2cccs2)ccc1=O. The molecule has 32 heavy (non-hydrogen) atoms. The van der Waals surface area contributed by atoms with Crippen molar-refractivity contribution in [2.75, 3.05) is 13.2 Å². The van der Waals surface area contributed by atoms with E-state index in [0.29, 0.717) is 11.6 Å². The molecule has 4 aromatic rings. The van der Waals surface area contributed by atoms with Crippen LogP contribution in [-0.4, -0.2) is 39.0 Å². The maximum atomic E-state index is 12.8. The normalized spacial score (nSPS) is 11.3. The van der Waals surface area contributed by atoms with Crippen molar-refractivity contribution in [3.63, 3.8) is 0 Å². The van der Waals surface area contributed by atoms with Gasteiger partial charge < -0.3 is 10.1 Å². The van der Waals surface area contributed by atoms with Gasteiger partial charge in [-0.25, -0.2) is 4.68 Å². The standard InChI is InChI=1S/C22H21N5O3S2/c1-22(2,27-20(28)10-8-16(26-27)18-6-4-14-32-18)21(29)23-11-12-30-19-9-7-15(24-25-19)17-5-3-13-31-17/h3-10,13-14H,11-12H2,1-2H3,(H,23,29). The highest BCUT2D eigenvalue weighted by atomic mass is 32.1. The number of nitrogens with zero attached hydrogens (tertiary/aromatic N) is 4. The fourth-order valence-electron chi connectivity index (χ4n) is 2.95. The van der Waals surface area contributed by atoms with Crippen LogP contribution in [0.3, 0.4) is 0 Å². The van der Waals surface area contributed by atoms with Gasteiger partial charge in [-0.1, -0.05) is 12.1 Å². The van der Waals surface area contributed by atoms with Crippen LogP contribution in [0.2, 0.25) is 0 Å². The van der Waals surface area contributed by atoms with E-state index in [9.17, 15) is 9.59 Å². The van der Waals surface area contributed by atoms with E-state index in [0.717, 1.165) is 15.4 Å². The number of amides is 1. The third kappa shape index (κ3) is 4.76. The second kappa shape index (κ2) is 9.41. The Morgan fingerprint density at radius 3 is 2.31 bits per heavy atom. The molecule has 0 bridgehead atoms. The van der Waals surface area contributed by atoms with Crippen LogP contribution in [0.25, 0.3) is 21.1 Å². The molecule has 4 aromatic heterocycles. The molecule has 0 saturated carbocycles. The minimum Gasteiger partial charge on any atom is -0.475 e. The van der Waals surface area contributed by atoms with E-state index in [1.54, 1.807) is 37.3 Å². The molecule has 8 nitrogen and oxygen atoms in total. The summed E-state index contributed by atoms with van der Waals surface area (Å²) >= 11 is 3.11. The van der Waals surface area contributed by atoms with Crippen molar-refractivity contribution in [1.82, 2.24) is 25.3 Å². The number of ether oxygens (including phenoxy) is 1. The van der Waals surface area contributed by atoms with E-state index in [-0.39, 0.29) is 24.6 Å². The lowest BCUT2D eigenvalue weighted by molar-refractivity contribution is -0.129. The number of hydrogen-bond acceptors (Lipinski definition) is 8. The molecule has 1 N–H and O–H groups in total. The largest absolute Gasteiger partial charge is 0.475 e. The molecule has 4 rings (SSSR count). The molecule has 0 fully saturated rings. The van der Waals surface area contributed by atoms with Gasteiger partial charge >= 0.3 is 0 Å². The van der Waals surface area contributed by atoms with Crippen molar-refractivity contribution < 1.29 is 9.53 Å². The zero-order valence-electron chi connectivity index (χ0n) is 17.5. The lowest BCUT2D eigenvalue weighted by atomic mass is 10.0. The summed E-state index contributed by atoms with van der Waals surface area (Å²) in [4.78, 5) is 27.2. The van der Waals surface area contributed by atoms with E-state index in [2.05, 4.69) is 20.6 Å². The Morgan fingerprint density at radius 1 is 1.00 bits per heavy atom. The number of carbonyl (C=O) groups is 1. The third-order valence-corrected chi connectivity index (χ3v) is 6.50. The molecule has 0 aliphatic rings. The zero-order chi connectivity index (χ0) is 22.6. The summed E-state index contributed by atoms with van der Waals surface area (Å²) < 4.78 is 6.79. The second-order valence-electron chi connectivity index (χ2n) is 7.34. The van der Waals surface area contributed by atoms with Crippen LogP contribution >= 0.6 is 22.7 Å². The Hall–Kier alpha value is -3.37. The average Bonchev–Trinajstić information content (AvgIpc) is 3.52. The predicted molar refractivity (Wildman–Crippen MR) is 125 cm³/mol. The van der Waals surface area contributed by atoms with Crippen molar-refractivity contribution in [1.29, 1.82) is 0 Å². The van der Waals surface area contributed by atoms with Crippen molar-refractivity contribution in [2.24, 2.45) is 0 Å². The van der Waals surface area contributed by atoms with Crippen molar-refractivity contribution in [2.45, 2.75) is 19.4 Å². The fourth-order valence-corrected chi connectivity index (χ4v) is 4.33. The summed E-state index contributed by atoms with van der Waals surface area (Å²) in [5.41, 5.74) is -0.0895. The van der Waals surface area contributed by atoms with Crippen LogP contribution in [0, 0.1) is 0 Å². The number of nitrogens with one attached hydrogen (secondary N) is 1. The Bertz CT molecular complexity index is 1230. The molecule has 4 heterocycles. The first-order valence-corrected chi connectivity index (χ1v) is 11.6. The maximum Gasteiger partial charge on any atom is 0.267 e. The minimum atomic E-state index is -1.17. The lowest BCUT2D eigenvalue weighted by Gasteiger charge is -2.25. The van der Waals surface area contributed by atoms with Crippen LogP contribution < -0.4 is 15.6 Å². The number of rotatable bonds is 8. The van der Waals surface area contributed by atoms with E-state index in [1.165, 1.54) is 22.1 Å². The first-order chi connectivity index (χ1) is 15.4. The van der Waals surface area contributed by atoms with Gasteiger partial charge in [-0.2, -0.15) is 5.10 Å². The minimum absolute atomic E-state index is 0.215. The smallest absolute Gasteiger partial charge is 0.267 e. The highest BCUT2D eigenvalue weighted by molar-refractivity contribution is 7.13. The molecule has 0 atom stereocenters. The molecular weight excluding hydrogens is 446 g/mol. The number of hydrogen-bond donors (Lipinski definition) is 1. The quantitative estimate of drug-likeness (QED) is 0.399. The molecule has 0 radical (unpaired) electrons. The highest BCUT2D eigenvalue weighted by Crippen LogP contribution is 2.23. The van der Waals surface area contributed by atoms with Crippen LogP contribution in [-0.2, 0) is 10.3 Å². The molecule has 0 aromatic carbocycles. The van der Waals surface area contributed by atoms with Crippen LogP contribution in [0.1, 0.15) is 13.8 Å². The number of carbonyl (C=O) groups excluding carboxylic acids is 1. The van der Waals surface area contributed by atoms with Crippen molar-refractivity contribution in [3.05, 3.63) is 69.6 Å². The first kappa shape index (κ1) is 21.8. The summed E-state index contributed by atoms with van der Waals surface area (Å²) in [7, 11) is 0. The molecule has 0 aliphatic carbocycles. The van der Waals surface area contributed by atoms with Gasteiger partial charge in [0.2, 0.25) is 11.8 Å². The second-order valence-corrected chi connectivity index (χ2v) is 9.24. The summed E-state index contributed by atoms with van der Waals surface area (Å²) in [5.74, 6) is 0.0403. The number of aromatic nitrogens is 4. The zero-order valence-corrected chi connectivity index (χ0v) is 19.2. The Balaban J connectivity index is 1.34. The van der Waals surface area contributed by atoms with Gasteiger partial charge in [0, 0.05) is 12.1 Å². The molecule has 0 aliphatic heterocycles. The van der Waals surface area contributed by atoms with Crippen molar-refractivity contribution >= 4 is 28.6 Å². The van der Waals surface area contributed by atoms with Gasteiger partial charge in [-0.05, 0) is 48.9 Å². The molecular formula is C22H21N5O3S2. The van der Waals surface area contributed by atoms with Crippen molar-refractivity contribution in [3.8, 4) is 27.0 Å². The van der Waals surface area contributed by atoms with Crippen LogP contribution in [0.15, 0.2) is 64.1 Å². The molecule has 10 heteroatoms. The topological polar surface area (TPSA) is 99.0 Å². The highest BCUT2D eigenvalue weighted by Gasteiger charge is 2.32. The van der Waals surface area contributed by atoms with E-state index < -0.39 is 5.54 Å². The first-order valence-electron chi connectivity index (χ1n) is 9.88. The molecule has 0 unspecified atom stereocenters. The molecule has 0 saturated heterocycles. The van der Waals surface area contributed by atoms with Crippen LogP contribution in [0.4, 0.5) is 0 Å². The van der Waals surface area contributed by atoms with E-state index in [1.807, 2.05) is 41.1 Å². The van der Waals surface area contributed by atoms with Gasteiger partial charge in [0.25, 0.3) is 5.56 Å². The monoisotopic (exact) mass is 467 g/mol. The third-order valence-electron chi connectivity index (χ3n) is 4.71. The van der Waals surface area contributed by atoms with Gasteiger partial charge in [0.15, 0.2) is 0 Å². The van der Waals surface area contributed by atoms with Gasteiger partial charge in [0.1, 0.15) is 23.5 Å². The lowest BCUT2D eigenvalue weighted by Crippen LogP contribution is -2.50. The van der Waals surface area contributed by atoms with Gasteiger partial charge in [-0.3, -0.25) is 9.59 Å². The van der Waals surface area contributed by atoms with Gasteiger partial charge in [-0.15, -0.1) is 32.9 Å². The van der Waals surface area contributed by atoms with Gasteiger partial charge in [0.05, 0.1) is 16.3 Å². The summed E-state index contributed by atoms with van der Waals surface area (Å²) in [6.45, 7) is 3.78. The molecule has 164 valence electrons. The van der Waals surface area contributed by atoms with E-state index >= 15 is 0 Å². The Labute approximate surface area is 192 Å². The molecule has 0 spiro atoms. The number of thiophene rings is 2. The van der Waals surface area contributed by atoms with Crippen LogP contribution in [0.5, 0.6) is 5.88 Å². The summed E-state index contributed by atoms with van der Waals surface area (Å²) in [6, 6.07) is 14.4. The Kier molecular flexibility index (Phi) is 6.42.